The molecule has 0 saturated carbocycles. The molecule has 0 amide bonds. The molecule has 0 bridgehead atoms. The number of nitrogens with zero attached hydrogens (tertiary/aromatic N) is 1. The first-order valence-corrected chi connectivity index (χ1v) is 7.96. The predicted octanol–water partition coefficient (Wildman–Crippen LogP) is 4.11. The van der Waals surface area contributed by atoms with Gasteiger partial charge in [0.2, 0.25) is 0 Å². The van der Waals surface area contributed by atoms with Gasteiger partial charge in [-0.1, -0.05) is 55.5 Å². The van der Waals surface area contributed by atoms with Crippen LogP contribution < -0.4 is 5.32 Å². The van der Waals surface area contributed by atoms with Crippen LogP contribution in [0.5, 0.6) is 0 Å². The van der Waals surface area contributed by atoms with E-state index in [1.54, 1.807) is 0 Å². The topological polar surface area (TPSA) is 15.3 Å². The summed E-state index contributed by atoms with van der Waals surface area (Å²) in [7, 11) is 0. The molecule has 1 atom stereocenters. The average Bonchev–Trinajstić information content (AvgIpc) is 2.55. The van der Waals surface area contributed by atoms with Crippen molar-refractivity contribution >= 4 is 5.69 Å². The van der Waals surface area contributed by atoms with Gasteiger partial charge in [0.05, 0.1) is 0 Å². The first kappa shape index (κ1) is 14.2. The van der Waals surface area contributed by atoms with E-state index < -0.39 is 0 Å². The van der Waals surface area contributed by atoms with E-state index in [4.69, 9.17) is 0 Å². The Morgan fingerprint density at radius 2 is 1.81 bits per heavy atom. The van der Waals surface area contributed by atoms with Crippen LogP contribution in [0.1, 0.15) is 30.4 Å². The van der Waals surface area contributed by atoms with Gasteiger partial charge in [0, 0.05) is 31.2 Å². The second-order valence-electron chi connectivity index (χ2n) is 5.81. The minimum atomic E-state index is 0.645. The Morgan fingerprint density at radius 1 is 1.05 bits per heavy atom. The first-order chi connectivity index (χ1) is 10.4. The van der Waals surface area contributed by atoms with Crippen LogP contribution in [0.3, 0.4) is 0 Å². The number of anilines is 1. The lowest BCUT2D eigenvalue weighted by Gasteiger charge is -2.31. The van der Waals surface area contributed by atoms with E-state index >= 15 is 0 Å². The summed E-state index contributed by atoms with van der Waals surface area (Å²) in [5, 5.41) is 3.52. The Bertz CT molecular complexity index is 565. The van der Waals surface area contributed by atoms with Crippen molar-refractivity contribution in [2.45, 2.75) is 25.8 Å². The Kier molecular flexibility index (Phi) is 4.56. The van der Waals surface area contributed by atoms with Crippen LogP contribution >= 0.6 is 0 Å². The Morgan fingerprint density at radius 3 is 2.62 bits per heavy atom. The molecule has 0 aromatic heterocycles. The molecule has 1 aliphatic heterocycles. The van der Waals surface area contributed by atoms with Gasteiger partial charge in [-0.2, -0.15) is 0 Å². The molecule has 0 spiro atoms. The highest BCUT2D eigenvalue weighted by molar-refractivity contribution is 5.54. The monoisotopic (exact) mass is 280 g/mol. The van der Waals surface area contributed by atoms with Gasteiger partial charge in [0.15, 0.2) is 0 Å². The number of rotatable bonds is 5. The number of likely N-dealkylation sites (N-methyl/N-ethyl adjacent to an activating group) is 1. The van der Waals surface area contributed by atoms with E-state index in [-0.39, 0.29) is 0 Å². The molecule has 1 aliphatic rings. The summed E-state index contributed by atoms with van der Waals surface area (Å²) in [5.41, 5.74) is 4.21. The van der Waals surface area contributed by atoms with Gasteiger partial charge in [-0.25, -0.2) is 0 Å². The number of fused-ring (bicyclic) bond motifs is 1. The molecule has 0 saturated heterocycles. The Labute approximate surface area is 127 Å². The van der Waals surface area contributed by atoms with Crippen molar-refractivity contribution in [2.24, 2.45) is 0 Å². The lowest BCUT2D eigenvalue weighted by Crippen LogP contribution is -2.31. The molecule has 2 aromatic carbocycles. The molecule has 1 heterocycles. The molecule has 1 unspecified atom stereocenters. The van der Waals surface area contributed by atoms with Crippen molar-refractivity contribution in [1.29, 1.82) is 0 Å². The summed E-state index contributed by atoms with van der Waals surface area (Å²) >= 11 is 0. The van der Waals surface area contributed by atoms with Gasteiger partial charge in [0.25, 0.3) is 0 Å². The summed E-state index contributed by atoms with van der Waals surface area (Å²) in [6.07, 6.45) is 1.22. The maximum Gasteiger partial charge on any atom is 0.0376 e. The summed E-state index contributed by atoms with van der Waals surface area (Å²) in [5.74, 6) is 0.645. The van der Waals surface area contributed by atoms with Gasteiger partial charge >= 0.3 is 0 Å². The molecular weight excluding hydrogens is 256 g/mol. The standard InChI is InChI=1S/C19H24N2/c1-2-21(14-16-8-4-3-5-9-16)15-17-12-13-20-19-11-7-6-10-18(17)19/h3-11,17,20H,2,12-15H2,1H3. The van der Waals surface area contributed by atoms with Gasteiger partial charge in [-0.15, -0.1) is 0 Å². The first-order valence-electron chi connectivity index (χ1n) is 7.96. The zero-order valence-corrected chi connectivity index (χ0v) is 12.8. The van der Waals surface area contributed by atoms with Crippen molar-refractivity contribution in [3.8, 4) is 0 Å². The zero-order chi connectivity index (χ0) is 14.5. The second-order valence-corrected chi connectivity index (χ2v) is 5.81. The minimum Gasteiger partial charge on any atom is -0.385 e. The third-order valence-corrected chi connectivity index (χ3v) is 4.38. The van der Waals surface area contributed by atoms with Crippen molar-refractivity contribution in [2.75, 3.05) is 25.0 Å². The molecule has 0 radical (unpaired) electrons. The number of para-hydroxylation sites is 1. The minimum absolute atomic E-state index is 0.645. The van der Waals surface area contributed by atoms with Gasteiger partial charge in [0.1, 0.15) is 0 Å². The van der Waals surface area contributed by atoms with E-state index in [1.165, 1.54) is 23.2 Å². The van der Waals surface area contributed by atoms with Crippen LogP contribution in [0.4, 0.5) is 5.69 Å². The van der Waals surface area contributed by atoms with Gasteiger partial charge < -0.3 is 5.32 Å². The van der Waals surface area contributed by atoms with Crippen LogP contribution in [0, 0.1) is 0 Å². The molecule has 3 rings (SSSR count). The van der Waals surface area contributed by atoms with Crippen LogP contribution in [0.2, 0.25) is 0 Å². The van der Waals surface area contributed by atoms with Crippen molar-refractivity contribution in [3.05, 3.63) is 65.7 Å². The van der Waals surface area contributed by atoms with Crippen molar-refractivity contribution in [3.63, 3.8) is 0 Å². The molecule has 0 fully saturated rings. The fourth-order valence-corrected chi connectivity index (χ4v) is 3.20. The van der Waals surface area contributed by atoms with Crippen molar-refractivity contribution < 1.29 is 0 Å². The molecule has 110 valence electrons. The summed E-state index contributed by atoms with van der Waals surface area (Å²) in [6.45, 7) is 6.63. The molecule has 1 N–H and O–H groups in total. The van der Waals surface area contributed by atoms with Gasteiger partial charge in [-0.05, 0) is 30.2 Å². The normalized spacial score (nSPS) is 17.3. The molecule has 2 nitrogen and oxygen atoms in total. The summed E-state index contributed by atoms with van der Waals surface area (Å²) in [4.78, 5) is 2.56. The average molecular weight is 280 g/mol. The maximum absolute atomic E-state index is 3.52. The lowest BCUT2D eigenvalue weighted by atomic mass is 9.90. The number of hydrogen-bond acceptors (Lipinski definition) is 2. The van der Waals surface area contributed by atoms with E-state index in [1.807, 2.05) is 0 Å². The highest BCUT2D eigenvalue weighted by Gasteiger charge is 2.21. The van der Waals surface area contributed by atoms with Crippen LogP contribution in [-0.2, 0) is 6.54 Å². The molecule has 21 heavy (non-hydrogen) atoms. The lowest BCUT2D eigenvalue weighted by molar-refractivity contribution is 0.256. The van der Waals surface area contributed by atoms with Crippen LogP contribution in [0.25, 0.3) is 0 Å². The molecule has 0 aliphatic carbocycles. The third-order valence-electron chi connectivity index (χ3n) is 4.38. The summed E-state index contributed by atoms with van der Waals surface area (Å²) < 4.78 is 0. The predicted molar refractivity (Wildman–Crippen MR) is 89.7 cm³/mol. The fourth-order valence-electron chi connectivity index (χ4n) is 3.20. The quantitative estimate of drug-likeness (QED) is 0.886. The SMILES string of the molecule is CCN(Cc1ccccc1)CC1CCNc2ccccc21. The highest BCUT2D eigenvalue weighted by atomic mass is 15.1. The largest absolute Gasteiger partial charge is 0.385 e. The number of hydrogen-bond donors (Lipinski definition) is 1. The number of benzene rings is 2. The highest BCUT2D eigenvalue weighted by Crippen LogP contribution is 2.32. The van der Waals surface area contributed by atoms with E-state index in [0.717, 1.165) is 26.2 Å². The van der Waals surface area contributed by atoms with Gasteiger partial charge in [-0.3, -0.25) is 4.90 Å². The Balaban J connectivity index is 1.70. The maximum atomic E-state index is 3.52. The Hall–Kier alpha value is -1.80. The van der Waals surface area contributed by atoms with Crippen LogP contribution in [-0.4, -0.2) is 24.5 Å². The molecular formula is C19H24N2. The summed E-state index contributed by atoms with van der Waals surface area (Å²) in [6, 6.07) is 19.5. The molecule has 2 aromatic rings. The second kappa shape index (κ2) is 6.77. The fraction of sp³-hybridized carbons (Fsp3) is 0.368. The van der Waals surface area contributed by atoms with Crippen LogP contribution in [0.15, 0.2) is 54.6 Å². The van der Waals surface area contributed by atoms with E-state index in [0.29, 0.717) is 5.92 Å². The number of nitrogens with one attached hydrogen (secondary N) is 1. The smallest absolute Gasteiger partial charge is 0.0376 e. The van der Waals surface area contributed by atoms with E-state index in [2.05, 4.69) is 71.7 Å². The molecule has 2 heteroatoms. The zero-order valence-electron chi connectivity index (χ0n) is 12.8. The van der Waals surface area contributed by atoms with Crippen molar-refractivity contribution in [1.82, 2.24) is 4.90 Å². The third kappa shape index (κ3) is 3.45. The van der Waals surface area contributed by atoms with E-state index in [9.17, 15) is 0 Å².